The number of carboxylic acid groups (broad SMARTS) is 1. The minimum absolute atomic E-state index is 0.0211. The summed E-state index contributed by atoms with van der Waals surface area (Å²) < 4.78 is 28.0. The number of anilines is 1. The number of primary sulfonamides is 1. The Kier molecular flexibility index (Phi) is 7.87. The molecule has 1 heterocycles. The molecule has 186 valence electrons. The minimum Gasteiger partial charge on any atom is -0.497 e. The van der Waals surface area contributed by atoms with Crippen LogP contribution < -0.4 is 14.8 Å². The molecule has 1 aliphatic heterocycles. The van der Waals surface area contributed by atoms with Crippen LogP contribution in [0.25, 0.3) is 0 Å². The normalized spacial score (nSPS) is 15.8. The first-order chi connectivity index (χ1) is 16.5. The van der Waals surface area contributed by atoms with Crippen molar-refractivity contribution in [3.05, 3.63) is 54.1 Å². The molecule has 1 atom stereocenters. The second-order valence-electron chi connectivity index (χ2n) is 7.91. The standard InChI is InChI=1S/C23H25N3O8S/c1-34-17-6-4-16(5-7-17)26-21(28)14-19(23(26)31)25(20(27)10-11-22(29)30)13-12-15-2-8-18(9-3-15)35(24,32)33/h2-9,19H,10-14H2,1H3,(H,29,30)(H2,24,32,33)/t19-/m1/s1. The second kappa shape index (κ2) is 10.7. The first kappa shape index (κ1) is 25.8. The average Bonchev–Trinajstić information content (AvgIpc) is 3.11. The van der Waals surface area contributed by atoms with E-state index in [1.54, 1.807) is 24.3 Å². The molecular formula is C23H25N3O8S. The largest absolute Gasteiger partial charge is 0.497 e. The predicted octanol–water partition coefficient (Wildman–Crippen LogP) is 0.911. The molecule has 2 aromatic carbocycles. The van der Waals surface area contributed by atoms with Crippen molar-refractivity contribution >= 4 is 39.4 Å². The van der Waals surface area contributed by atoms with Crippen LogP contribution in [0, 0.1) is 0 Å². The number of nitrogens with two attached hydrogens (primary N) is 1. The van der Waals surface area contributed by atoms with Crippen molar-refractivity contribution in [2.24, 2.45) is 5.14 Å². The lowest BCUT2D eigenvalue weighted by Gasteiger charge is -2.28. The van der Waals surface area contributed by atoms with E-state index in [1.807, 2.05) is 0 Å². The maximum absolute atomic E-state index is 13.2. The number of carbonyl (C=O) groups excluding carboxylic acids is 3. The molecule has 1 fully saturated rings. The van der Waals surface area contributed by atoms with Gasteiger partial charge in [-0.25, -0.2) is 18.5 Å². The van der Waals surface area contributed by atoms with Gasteiger partial charge in [-0.1, -0.05) is 12.1 Å². The van der Waals surface area contributed by atoms with E-state index in [9.17, 15) is 27.6 Å². The average molecular weight is 504 g/mol. The fraction of sp³-hybridized carbons (Fsp3) is 0.304. The van der Waals surface area contributed by atoms with Gasteiger partial charge in [0.05, 0.1) is 30.5 Å². The number of ether oxygens (including phenoxy) is 1. The van der Waals surface area contributed by atoms with Gasteiger partial charge in [0.1, 0.15) is 11.8 Å². The number of amides is 3. The van der Waals surface area contributed by atoms with Gasteiger partial charge in [-0.15, -0.1) is 0 Å². The van der Waals surface area contributed by atoms with Gasteiger partial charge in [0.25, 0.3) is 5.91 Å². The molecule has 0 unspecified atom stereocenters. The van der Waals surface area contributed by atoms with Gasteiger partial charge >= 0.3 is 5.97 Å². The van der Waals surface area contributed by atoms with E-state index in [4.69, 9.17) is 15.0 Å². The number of rotatable bonds is 10. The Balaban J connectivity index is 1.81. The zero-order valence-electron chi connectivity index (χ0n) is 18.9. The molecule has 11 nitrogen and oxygen atoms in total. The SMILES string of the molecule is COc1ccc(N2C(=O)C[C@@H](N(CCc3ccc(S(N)(=O)=O)cc3)C(=O)CCC(=O)O)C2=O)cc1. The number of hydrogen-bond donors (Lipinski definition) is 2. The van der Waals surface area contributed by atoms with Crippen molar-refractivity contribution in [1.29, 1.82) is 0 Å². The molecule has 3 amide bonds. The number of benzene rings is 2. The predicted molar refractivity (Wildman–Crippen MR) is 124 cm³/mol. The lowest BCUT2D eigenvalue weighted by molar-refractivity contribution is -0.143. The third-order valence-corrected chi connectivity index (χ3v) is 6.53. The summed E-state index contributed by atoms with van der Waals surface area (Å²) in [6.45, 7) is 0.0211. The maximum Gasteiger partial charge on any atom is 0.303 e. The van der Waals surface area contributed by atoms with Gasteiger partial charge in [-0.2, -0.15) is 0 Å². The summed E-state index contributed by atoms with van der Waals surface area (Å²) >= 11 is 0. The van der Waals surface area contributed by atoms with Crippen LogP contribution in [0.2, 0.25) is 0 Å². The van der Waals surface area contributed by atoms with E-state index in [0.29, 0.717) is 17.0 Å². The smallest absolute Gasteiger partial charge is 0.303 e. The summed E-state index contributed by atoms with van der Waals surface area (Å²) in [6.07, 6.45) is -0.756. The fourth-order valence-electron chi connectivity index (χ4n) is 3.77. The highest BCUT2D eigenvalue weighted by Crippen LogP contribution is 2.28. The van der Waals surface area contributed by atoms with Crippen molar-refractivity contribution in [3.63, 3.8) is 0 Å². The number of carboxylic acids is 1. The zero-order chi connectivity index (χ0) is 25.8. The molecule has 12 heteroatoms. The molecule has 1 saturated heterocycles. The summed E-state index contributed by atoms with van der Waals surface area (Å²) in [5.74, 6) is -2.27. The molecule has 0 saturated carbocycles. The van der Waals surface area contributed by atoms with Crippen molar-refractivity contribution in [1.82, 2.24) is 4.90 Å². The monoisotopic (exact) mass is 503 g/mol. The molecule has 3 rings (SSSR count). The quantitative estimate of drug-likeness (QED) is 0.452. The first-order valence-corrected chi connectivity index (χ1v) is 12.2. The lowest BCUT2D eigenvalue weighted by atomic mass is 10.1. The van der Waals surface area contributed by atoms with Crippen LogP contribution >= 0.6 is 0 Å². The van der Waals surface area contributed by atoms with E-state index >= 15 is 0 Å². The number of nitrogens with zero attached hydrogens (tertiary/aromatic N) is 2. The van der Waals surface area contributed by atoms with Crippen LogP contribution in [0.1, 0.15) is 24.8 Å². The van der Waals surface area contributed by atoms with Gasteiger partial charge in [0.2, 0.25) is 21.8 Å². The summed E-state index contributed by atoms with van der Waals surface area (Å²) in [4.78, 5) is 51.9. The number of aliphatic carboxylic acids is 1. The molecule has 2 aromatic rings. The van der Waals surface area contributed by atoms with Crippen molar-refractivity contribution in [3.8, 4) is 5.75 Å². The van der Waals surface area contributed by atoms with Crippen molar-refractivity contribution in [2.75, 3.05) is 18.6 Å². The Morgan fingerprint density at radius 3 is 2.26 bits per heavy atom. The first-order valence-electron chi connectivity index (χ1n) is 10.6. The highest BCUT2D eigenvalue weighted by molar-refractivity contribution is 7.89. The Morgan fingerprint density at radius 1 is 1.09 bits per heavy atom. The third-order valence-electron chi connectivity index (χ3n) is 5.60. The second-order valence-corrected chi connectivity index (χ2v) is 9.47. The van der Waals surface area contributed by atoms with Crippen LogP contribution in [0.5, 0.6) is 5.75 Å². The molecular weight excluding hydrogens is 478 g/mol. The molecule has 0 bridgehead atoms. The Hall–Kier alpha value is -3.77. The number of carbonyl (C=O) groups is 4. The molecule has 0 aliphatic carbocycles. The molecule has 0 radical (unpaired) electrons. The zero-order valence-corrected chi connectivity index (χ0v) is 19.7. The number of imide groups is 1. The van der Waals surface area contributed by atoms with E-state index in [0.717, 1.165) is 4.90 Å². The van der Waals surface area contributed by atoms with E-state index in [1.165, 1.54) is 36.3 Å². The maximum atomic E-state index is 13.2. The summed E-state index contributed by atoms with van der Waals surface area (Å²) in [7, 11) is -2.37. The van der Waals surface area contributed by atoms with Gasteiger partial charge in [0.15, 0.2) is 0 Å². The Morgan fingerprint density at radius 2 is 1.71 bits per heavy atom. The summed E-state index contributed by atoms with van der Waals surface area (Å²) in [5.41, 5.74) is 0.997. The van der Waals surface area contributed by atoms with Crippen molar-refractivity contribution < 1.29 is 37.4 Å². The molecule has 0 spiro atoms. The van der Waals surface area contributed by atoms with E-state index < -0.39 is 46.2 Å². The minimum atomic E-state index is -3.86. The van der Waals surface area contributed by atoms with E-state index in [2.05, 4.69) is 0 Å². The number of hydrogen-bond acceptors (Lipinski definition) is 7. The summed E-state index contributed by atoms with van der Waals surface area (Å²) in [5, 5.41) is 14.1. The van der Waals surface area contributed by atoms with E-state index in [-0.39, 0.29) is 30.7 Å². The lowest BCUT2D eigenvalue weighted by Crippen LogP contribution is -2.46. The van der Waals surface area contributed by atoms with Crippen LogP contribution in [-0.2, 0) is 35.6 Å². The molecule has 35 heavy (non-hydrogen) atoms. The topological polar surface area (TPSA) is 164 Å². The molecule has 3 N–H and O–H groups in total. The van der Waals surface area contributed by atoms with Crippen LogP contribution in [0.15, 0.2) is 53.4 Å². The van der Waals surface area contributed by atoms with Crippen LogP contribution in [0.4, 0.5) is 5.69 Å². The number of sulfonamides is 1. The van der Waals surface area contributed by atoms with Gasteiger partial charge in [-0.05, 0) is 48.4 Å². The van der Waals surface area contributed by atoms with Crippen molar-refractivity contribution in [2.45, 2.75) is 36.6 Å². The van der Waals surface area contributed by atoms with Crippen LogP contribution in [0.3, 0.4) is 0 Å². The van der Waals surface area contributed by atoms with Gasteiger partial charge in [0, 0.05) is 13.0 Å². The highest BCUT2D eigenvalue weighted by atomic mass is 32.2. The molecule has 1 aliphatic rings. The number of methoxy groups -OCH3 is 1. The summed E-state index contributed by atoms with van der Waals surface area (Å²) in [6, 6.07) is 11.0. The fourth-order valence-corrected chi connectivity index (χ4v) is 4.28. The third kappa shape index (κ3) is 6.22. The van der Waals surface area contributed by atoms with Gasteiger partial charge < -0.3 is 14.7 Å². The van der Waals surface area contributed by atoms with Gasteiger partial charge in [-0.3, -0.25) is 19.2 Å². The Labute approximate surface area is 202 Å². The molecule has 0 aromatic heterocycles. The Bertz CT molecular complexity index is 1230. The highest BCUT2D eigenvalue weighted by Gasteiger charge is 2.44. The van der Waals surface area contributed by atoms with Crippen LogP contribution in [-0.4, -0.2) is 61.8 Å².